The number of hydrogen-bond acceptors (Lipinski definition) is 3. The predicted molar refractivity (Wildman–Crippen MR) is 85.6 cm³/mol. The van der Waals surface area contributed by atoms with E-state index in [2.05, 4.69) is 33.9 Å². The lowest BCUT2D eigenvalue weighted by Crippen LogP contribution is -2.06. The van der Waals surface area contributed by atoms with Gasteiger partial charge in [-0.05, 0) is 46.9 Å². The summed E-state index contributed by atoms with van der Waals surface area (Å²) in [6.45, 7) is 2.80. The second kappa shape index (κ2) is 6.16. The highest BCUT2D eigenvalue weighted by Crippen LogP contribution is 2.35. The smallest absolute Gasteiger partial charge is 0.125 e. The molecule has 21 heavy (non-hydrogen) atoms. The molecule has 1 aromatic carbocycles. The van der Waals surface area contributed by atoms with Crippen molar-refractivity contribution in [2.45, 2.75) is 32.3 Å². The highest BCUT2D eigenvalue weighted by Gasteiger charge is 2.21. The van der Waals surface area contributed by atoms with Gasteiger partial charge in [0, 0.05) is 29.7 Å². The van der Waals surface area contributed by atoms with Crippen molar-refractivity contribution in [2.75, 3.05) is 6.61 Å². The van der Waals surface area contributed by atoms with E-state index in [-0.39, 0.29) is 0 Å². The number of pyridine rings is 1. The molecule has 1 N–H and O–H groups in total. The third-order valence-corrected chi connectivity index (χ3v) is 4.38. The van der Waals surface area contributed by atoms with Crippen LogP contribution in [0.15, 0.2) is 35.1 Å². The fourth-order valence-corrected chi connectivity index (χ4v) is 3.43. The molecule has 0 radical (unpaired) electrons. The molecule has 0 aliphatic carbocycles. The zero-order valence-corrected chi connectivity index (χ0v) is 13.6. The molecule has 0 bridgehead atoms. The third-order valence-electron chi connectivity index (χ3n) is 3.92. The number of fused-ring (bicyclic) bond motifs is 1. The normalized spacial score (nSPS) is 14.6. The molecule has 110 valence electrons. The Morgan fingerprint density at radius 3 is 3.05 bits per heavy atom. The van der Waals surface area contributed by atoms with Crippen LogP contribution in [0, 0.1) is 0 Å². The van der Waals surface area contributed by atoms with Crippen molar-refractivity contribution in [1.29, 1.82) is 0 Å². The largest absolute Gasteiger partial charge is 0.493 e. The Kier molecular flexibility index (Phi) is 4.27. The van der Waals surface area contributed by atoms with Gasteiger partial charge < -0.3 is 9.84 Å². The van der Waals surface area contributed by atoms with Crippen LogP contribution in [0.4, 0.5) is 0 Å². The van der Waals surface area contributed by atoms with Gasteiger partial charge in [0.25, 0.3) is 0 Å². The van der Waals surface area contributed by atoms with Crippen molar-refractivity contribution in [3.8, 4) is 5.75 Å². The summed E-state index contributed by atoms with van der Waals surface area (Å²) in [5.74, 6) is 0.948. The molecule has 0 spiro atoms. The summed E-state index contributed by atoms with van der Waals surface area (Å²) in [5, 5.41) is 10.6. The number of aromatic nitrogens is 1. The van der Waals surface area contributed by atoms with E-state index in [9.17, 15) is 5.11 Å². The molecular weight excluding hydrogens is 330 g/mol. The standard InChI is InChI=1S/C17H18BrNO2/c1-2-11-10-19-5-3-15(11)16(20)9-13-8-14(18)7-12-4-6-21-17(12)13/h3,5,7-8,10,16,20H,2,4,6,9H2,1H3. The van der Waals surface area contributed by atoms with Gasteiger partial charge in [-0.3, -0.25) is 4.98 Å². The number of hydrogen-bond donors (Lipinski definition) is 1. The summed E-state index contributed by atoms with van der Waals surface area (Å²) < 4.78 is 6.77. The molecule has 1 atom stereocenters. The number of nitrogens with zero attached hydrogens (tertiary/aromatic N) is 1. The van der Waals surface area contributed by atoms with Crippen LogP contribution in [0.5, 0.6) is 5.75 Å². The summed E-state index contributed by atoms with van der Waals surface area (Å²) in [4.78, 5) is 4.13. The Labute approximate surface area is 133 Å². The molecule has 2 aromatic rings. The average molecular weight is 348 g/mol. The molecule has 3 nitrogen and oxygen atoms in total. The summed E-state index contributed by atoms with van der Waals surface area (Å²) in [6.07, 6.45) is 5.39. The summed E-state index contributed by atoms with van der Waals surface area (Å²) in [6, 6.07) is 6.05. The molecule has 4 heteroatoms. The number of ether oxygens (including phenoxy) is 1. The van der Waals surface area contributed by atoms with Gasteiger partial charge in [0.15, 0.2) is 0 Å². The molecular formula is C17H18BrNO2. The minimum Gasteiger partial charge on any atom is -0.493 e. The van der Waals surface area contributed by atoms with Crippen molar-refractivity contribution in [3.63, 3.8) is 0 Å². The molecule has 0 saturated carbocycles. The maximum Gasteiger partial charge on any atom is 0.125 e. The molecule has 1 aliphatic heterocycles. The fraction of sp³-hybridized carbons (Fsp3) is 0.353. The molecule has 1 unspecified atom stereocenters. The predicted octanol–water partition coefficient (Wildman–Crippen LogP) is 3.62. The van der Waals surface area contributed by atoms with E-state index in [0.29, 0.717) is 6.42 Å². The van der Waals surface area contributed by atoms with Gasteiger partial charge in [-0.25, -0.2) is 0 Å². The van der Waals surface area contributed by atoms with Gasteiger partial charge in [-0.1, -0.05) is 22.9 Å². The number of aliphatic hydroxyl groups excluding tert-OH is 1. The van der Waals surface area contributed by atoms with E-state index in [0.717, 1.165) is 46.4 Å². The Morgan fingerprint density at radius 1 is 1.38 bits per heavy atom. The molecule has 0 fully saturated rings. The van der Waals surface area contributed by atoms with Crippen LogP contribution in [-0.2, 0) is 19.3 Å². The lowest BCUT2D eigenvalue weighted by Gasteiger charge is -2.16. The molecule has 3 rings (SSSR count). The molecule has 0 amide bonds. The molecule has 0 saturated heterocycles. The van der Waals surface area contributed by atoms with Crippen molar-refractivity contribution in [1.82, 2.24) is 4.98 Å². The van der Waals surface area contributed by atoms with Crippen LogP contribution in [-0.4, -0.2) is 16.7 Å². The molecule has 1 aromatic heterocycles. The van der Waals surface area contributed by atoms with Crippen molar-refractivity contribution >= 4 is 15.9 Å². The van der Waals surface area contributed by atoms with Gasteiger partial charge in [-0.15, -0.1) is 0 Å². The van der Waals surface area contributed by atoms with Gasteiger partial charge in [-0.2, -0.15) is 0 Å². The topological polar surface area (TPSA) is 42.4 Å². The van der Waals surface area contributed by atoms with Crippen LogP contribution in [0.3, 0.4) is 0 Å². The Hall–Kier alpha value is -1.39. The summed E-state index contributed by atoms with van der Waals surface area (Å²) >= 11 is 3.54. The minimum atomic E-state index is -0.537. The van der Waals surface area contributed by atoms with Crippen LogP contribution < -0.4 is 4.74 Å². The van der Waals surface area contributed by atoms with Crippen molar-refractivity contribution < 1.29 is 9.84 Å². The Morgan fingerprint density at radius 2 is 2.24 bits per heavy atom. The maximum absolute atomic E-state index is 10.6. The van der Waals surface area contributed by atoms with Crippen molar-refractivity contribution in [2.24, 2.45) is 0 Å². The minimum absolute atomic E-state index is 0.537. The number of aryl methyl sites for hydroxylation is 1. The number of benzene rings is 1. The van der Waals surface area contributed by atoms with Crippen LogP contribution in [0.25, 0.3) is 0 Å². The van der Waals surface area contributed by atoms with E-state index in [1.165, 1.54) is 5.56 Å². The summed E-state index contributed by atoms with van der Waals surface area (Å²) in [5.41, 5.74) is 4.33. The number of aliphatic hydroxyl groups is 1. The first kappa shape index (κ1) is 14.5. The quantitative estimate of drug-likeness (QED) is 0.918. The van der Waals surface area contributed by atoms with Gasteiger partial charge in [0.1, 0.15) is 5.75 Å². The highest BCUT2D eigenvalue weighted by atomic mass is 79.9. The monoisotopic (exact) mass is 347 g/mol. The Balaban J connectivity index is 1.90. The SMILES string of the molecule is CCc1cnccc1C(O)Cc1cc(Br)cc2c1OCC2. The first-order chi connectivity index (χ1) is 10.2. The maximum atomic E-state index is 10.6. The van der Waals surface area contributed by atoms with E-state index in [1.54, 1.807) is 6.20 Å². The van der Waals surface area contributed by atoms with Crippen LogP contribution in [0.2, 0.25) is 0 Å². The first-order valence-corrected chi connectivity index (χ1v) is 8.03. The summed E-state index contributed by atoms with van der Waals surface area (Å²) in [7, 11) is 0. The van der Waals surface area contributed by atoms with Crippen LogP contribution >= 0.6 is 15.9 Å². The lowest BCUT2D eigenvalue weighted by atomic mass is 9.96. The molecule has 1 aliphatic rings. The highest BCUT2D eigenvalue weighted by molar-refractivity contribution is 9.10. The fourth-order valence-electron chi connectivity index (χ4n) is 2.87. The molecule has 2 heterocycles. The van der Waals surface area contributed by atoms with Crippen molar-refractivity contribution in [3.05, 3.63) is 57.3 Å². The zero-order chi connectivity index (χ0) is 14.8. The zero-order valence-electron chi connectivity index (χ0n) is 12.0. The second-order valence-corrected chi connectivity index (χ2v) is 6.22. The number of halogens is 1. The lowest BCUT2D eigenvalue weighted by molar-refractivity contribution is 0.176. The Bertz CT molecular complexity index is 657. The number of rotatable bonds is 4. The van der Waals surface area contributed by atoms with Gasteiger partial charge >= 0.3 is 0 Å². The second-order valence-electron chi connectivity index (χ2n) is 5.30. The van der Waals surface area contributed by atoms with Gasteiger partial charge in [0.2, 0.25) is 0 Å². The van der Waals surface area contributed by atoms with Gasteiger partial charge in [0.05, 0.1) is 12.7 Å². The van der Waals surface area contributed by atoms with E-state index < -0.39 is 6.10 Å². The first-order valence-electron chi connectivity index (χ1n) is 7.24. The third kappa shape index (κ3) is 2.97. The average Bonchev–Trinajstić information content (AvgIpc) is 2.95. The van der Waals surface area contributed by atoms with E-state index in [4.69, 9.17) is 4.74 Å². The van der Waals surface area contributed by atoms with E-state index in [1.807, 2.05) is 18.3 Å². The van der Waals surface area contributed by atoms with Crippen LogP contribution in [0.1, 0.15) is 35.3 Å². The van der Waals surface area contributed by atoms with E-state index >= 15 is 0 Å².